The molecule has 226 valence electrons. The minimum atomic E-state index is 0.867. The molecule has 2 nitrogen and oxygen atoms in total. The van der Waals surface area contributed by atoms with Crippen LogP contribution in [0.25, 0.3) is 25.6 Å². The maximum absolute atomic E-state index is 4.55. The number of anilines is 5. The highest BCUT2D eigenvalue weighted by atomic mass is 32.1. The van der Waals surface area contributed by atoms with Gasteiger partial charge in [0.25, 0.3) is 0 Å². The first kappa shape index (κ1) is 29.0. The number of fused-ring (bicyclic) bond motifs is 5. The first-order chi connectivity index (χ1) is 23.2. The minimum absolute atomic E-state index is 0.867. The number of allylic oxidation sites excluding steroid dienone is 4. The van der Waals surface area contributed by atoms with Crippen LogP contribution >= 0.6 is 22.7 Å². The zero-order chi connectivity index (χ0) is 31.6. The summed E-state index contributed by atoms with van der Waals surface area (Å²) in [4.78, 5) is 5.94. The van der Waals surface area contributed by atoms with Gasteiger partial charge < -0.3 is 9.80 Å². The Balaban J connectivity index is 1.29. The van der Waals surface area contributed by atoms with Crippen molar-refractivity contribution in [3.05, 3.63) is 192 Å². The molecule has 0 bridgehead atoms. The molecule has 2 heterocycles. The fourth-order valence-electron chi connectivity index (χ4n) is 6.22. The van der Waals surface area contributed by atoms with E-state index in [1.54, 1.807) is 0 Å². The Kier molecular flexibility index (Phi) is 7.88. The van der Waals surface area contributed by atoms with Crippen LogP contribution in [0.3, 0.4) is 0 Å². The quantitative estimate of drug-likeness (QED) is 0.178. The lowest BCUT2D eigenvalue weighted by molar-refractivity contribution is 1.19. The molecule has 7 aromatic rings. The van der Waals surface area contributed by atoms with E-state index in [0.717, 1.165) is 46.1 Å². The number of benzene rings is 5. The van der Waals surface area contributed by atoms with Crippen LogP contribution < -0.4 is 9.80 Å². The summed E-state index contributed by atoms with van der Waals surface area (Å²) in [6.45, 7) is 4.55. The molecule has 0 atom stereocenters. The lowest BCUT2D eigenvalue weighted by Crippen LogP contribution is -2.17. The molecular formula is C43H32N2S2. The third kappa shape index (κ3) is 5.63. The second-order valence-electron chi connectivity index (χ2n) is 11.4. The van der Waals surface area contributed by atoms with Gasteiger partial charge in [0, 0.05) is 43.4 Å². The highest BCUT2D eigenvalue weighted by Crippen LogP contribution is 2.47. The van der Waals surface area contributed by atoms with E-state index in [4.69, 9.17) is 0 Å². The van der Waals surface area contributed by atoms with E-state index in [0.29, 0.717) is 0 Å². The maximum Gasteiger partial charge on any atom is 0.0542 e. The Morgan fingerprint density at radius 1 is 0.532 bits per heavy atom. The van der Waals surface area contributed by atoms with Crippen LogP contribution in [0.5, 0.6) is 0 Å². The Morgan fingerprint density at radius 3 is 1.66 bits per heavy atom. The Hall–Kier alpha value is -5.42. The molecule has 8 rings (SSSR count). The van der Waals surface area contributed by atoms with E-state index in [9.17, 15) is 0 Å². The maximum atomic E-state index is 4.55. The average molecular weight is 641 g/mol. The van der Waals surface area contributed by atoms with E-state index in [1.807, 2.05) is 22.7 Å². The van der Waals surface area contributed by atoms with Crippen molar-refractivity contribution in [3.8, 4) is 0 Å². The molecule has 4 heteroatoms. The lowest BCUT2D eigenvalue weighted by Gasteiger charge is -2.28. The molecular weight excluding hydrogens is 609 g/mol. The molecule has 0 spiro atoms. The predicted molar refractivity (Wildman–Crippen MR) is 206 cm³/mol. The molecule has 5 aromatic carbocycles. The fraction of sp³-hybridized carbons (Fsp3) is 0.0233. The Labute approximate surface area is 283 Å². The van der Waals surface area contributed by atoms with Gasteiger partial charge in [0.2, 0.25) is 0 Å². The van der Waals surface area contributed by atoms with Gasteiger partial charge in [0.1, 0.15) is 0 Å². The van der Waals surface area contributed by atoms with Gasteiger partial charge in [0.15, 0.2) is 0 Å². The van der Waals surface area contributed by atoms with Crippen molar-refractivity contribution in [2.24, 2.45) is 0 Å². The third-order valence-electron chi connectivity index (χ3n) is 8.43. The van der Waals surface area contributed by atoms with E-state index < -0.39 is 0 Å². The van der Waals surface area contributed by atoms with Gasteiger partial charge in [0.05, 0.1) is 15.1 Å². The average Bonchev–Trinajstić information content (AvgIpc) is 3.64. The van der Waals surface area contributed by atoms with Crippen LogP contribution in [0.15, 0.2) is 182 Å². The van der Waals surface area contributed by atoms with Crippen LogP contribution in [-0.4, -0.2) is 0 Å². The summed E-state index contributed by atoms with van der Waals surface area (Å²) in [6.07, 6.45) is 11.9. The highest BCUT2D eigenvalue weighted by molar-refractivity contribution is 7.33. The van der Waals surface area contributed by atoms with Crippen molar-refractivity contribution < 1.29 is 0 Å². The summed E-state index contributed by atoms with van der Waals surface area (Å²) in [7, 11) is 0. The number of nitrogens with zero attached hydrogens (tertiary/aromatic N) is 2. The molecule has 47 heavy (non-hydrogen) atoms. The number of para-hydroxylation sites is 4. The van der Waals surface area contributed by atoms with Gasteiger partial charge in [-0.15, -0.1) is 22.7 Å². The molecule has 0 saturated heterocycles. The summed E-state index contributed by atoms with van der Waals surface area (Å²) in [5.74, 6) is 0. The minimum Gasteiger partial charge on any atom is -0.310 e. The van der Waals surface area contributed by atoms with E-state index >= 15 is 0 Å². The van der Waals surface area contributed by atoms with Crippen molar-refractivity contribution in [1.29, 1.82) is 0 Å². The van der Waals surface area contributed by atoms with Gasteiger partial charge >= 0.3 is 0 Å². The normalized spacial score (nSPS) is 14.4. The summed E-state index contributed by atoms with van der Waals surface area (Å²) >= 11 is 3.79. The second-order valence-corrected chi connectivity index (χ2v) is 13.5. The fourth-order valence-corrected chi connectivity index (χ4v) is 9.00. The van der Waals surface area contributed by atoms with Crippen LogP contribution in [0.4, 0.5) is 28.4 Å². The number of rotatable bonds is 6. The van der Waals surface area contributed by atoms with Gasteiger partial charge in [-0.25, -0.2) is 0 Å². The molecule has 1 aliphatic rings. The number of thiophene rings is 2. The zero-order valence-corrected chi connectivity index (χ0v) is 27.4. The van der Waals surface area contributed by atoms with E-state index in [2.05, 4.69) is 186 Å². The van der Waals surface area contributed by atoms with Crippen molar-refractivity contribution in [2.75, 3.05) is 9.80 Å². The number of hydrogen-bond donors (Lipinski definition) is 0. The van der Waals surface area contributed by atoms with Crippen LogP contribution in [0.1, 0.15) is 10.4 Å². The van der Waals surface area contributed by atoms with Crippen molar-refractivity contribution in [2.45, 2.75) is 6.42 Å². The molecule has 1 aliphatic carbocycles. The van der Waals surface area contributed by atoms with Crippen LogP contribution in [0, 0.1) is 0 Å². The Bertz CT molecular complexity index is 2200. The molecule has 0 amide bonds. The van der Waals surface area contributed by atoms with Crippen molar-refractivity contribution in [1.82, 2.24) is 0 Å². The van der Waals surface area contributed by atoms with E-state index in [1.165, 1.54) is 29.9 Å². The Morgan fingerprint density at radius 2 is 1.09 bits per heavy atom. The summed E-state index contributed by atoms with van der Waals surface area (Å²) in [5, 5.41) is 1.31. The predicted octanol–water partition coefficient (Wildman–Crippen LogP) is 13.0. The van der Waals surface area contributed by atoms with Crippen molar-refractivity contribution in [3.63, 3.8) is 0 Å². The molecule has 0 saturated carbocycles. The molecule has 0 fully saturated rings. The first-order valence-corrected chi connectivity index (χ1v) is 17.4. The highest BCUT2D eigenvalue weighted by Gasteiger charge is 2.22. The monoisotopic (exact) mass is 640 g/mol. The molecule has 0 N–H and O–H groups in total. The lowest BCUT2D eigenvalue weighted by atomic mass is 10.0. The van der Waals surface area contributed by atoms with Gasteiger partial charge in [-0.3, -0.25) is 0 Å². The van der Waals surface area contributed by atoms with Gasteiger partial charge in [-0.1, -0.05) is 110 Å². The SMILES string of the molecule is C=C1/C=C\C=C/Cc2c(sc3c2sc2cc(N(c4ccccc4)c4ccccc4)ccc23)C=C1N(c1ccccc1)c1ccccc1. The summed E-state index contributed by atoms with van der Waals surface area (Å²) < 4.78 is 4.01. The third-order valence-corrected chi connectivity index (χ3v) is 11.0. The van der Waals surface area contributed by atoms with Gasteiger partial charge in [-0.05, 0) is 84.3 Å². The largest absolute Gasteiger partial charge is 0.310 e. The molecule has 0 aliphatic heterocycles. The van der Waals surface area contributed by atoms with Crippen LogP contribution in [-0.2, 0) is 6.42 Å². The smallest absolute Gasteiger partial charge is 0.0542 e. The van der Waals surface area contributed by atoms with Crippen molar-refractivity contribution >= 4 is 76.7 Å². The second kappa shape index (κ2) is 12.8. The molecule has 0 radical (unpaired) electrons. The van der Waals surface area contributed by atoms with Crippen LogP contribution in [0.2, 0.25) is 0 Å². The van der Waals surface area contributed by atoms with Gasteiger partial charge in [-0.2, -0.15) is 0 Å². The first-order valence-electron chi connectivity index (χ1n) is 15.8. The molecule has 0 unspecified atom stereocenters. The van der Waals surface area contributed by atoms with E-state index in [-0.39, 0.29) is 0 Å². The zero-order valence-electron chi connectivity index (χ0n) is 25.8. The topological polar surface area (TPSA) is 6.48 Å². The molecule has 2 aromatic heterocycles. The summed E-state index contributed by atoms with van der Waals surface area (Å²) in [5.41, 5.74) is 9.05. The standard InChI is InChI=1S/C43H32N2S2/c1-31-17-7-2-16-26-37-41(30-39(31)45(34-22-12-5-13-23-34)35-24-14-6-15-25-35)47-43-38-28-27-36(29-40(38)46-42(37)43)44(32-18-8-3-9-19-32)33-20-10-4-11-21-33/h2-25,27-30H,1,26H2/b16-2-,17-7-,39-30?. The number of hydrogen-bond acceptors (Lipinski definition) is 4. The summed E-state index contributed by atoms with van der Waals surface area (Å²) in [6, 6.07) is 49.3.